The smallest absolute Gasteiger partial charge is 0.347 e. The summed E-state index contributed by atoms with van der Waals surface area (Å²) in [6.45, 7) is 4.30. The molecule has 2 rings (SSSR count). The van der Waals surface area contributed by atoms with E-state index in [2.05, 4.69) is 0 Å². The molecule has 0 aliphatic heterocycles. The van der Waals surface area contributed by atoms with Crippen LogP contribution in [-0.4, -0.2) is 23.7 Å². The fourth-order valence-electron chi connectivity index (χ4n) is 1.94. The molecule has 2 aromatic carbocycles. The van der Waals surface area contributed by atoms with Crippen LogP contribution in [0.1, 0.15) is 41.0 Å². The largest absolute Gasteiger partial charge is 0.507 e. The van der Waals surface area contributed by atoms with Crippen molar-refractivity contribution >= 4 is 11.9 Å². The van der Waals surface area contributed by atoms with Crippen LogP contribution in [0.4, 0.5) is 0 Å². The van der Waals surface area contributed by atoms with E-state index in [1.165, 1.54) is 24.3 Å². The number of carbonyl (C=O) groups is 2. The average Bonchev–Trinajstić information content (AvgIpc) is 2.60. The highest BCUT2D eigenvalue weighted by Gasteiger charge is 2.19. The van der Waals surface area contributed by atoms with Gasteiger partial charge in [0, 0.05) is 0 Å². The summed E-state index contributed by atoms with van der Waals surface area (Å²) in [4.78, 5) is 24.4. The van der Waals surface area contributed by atoms with Crippen LogP contribution < -0.4 is 4.74 Å². The van der Waals surface area contributed by atoms with Crippen molar-refractivity contribution in [2.24, 2.45) is 5.92 Å². The van der Waals surface area contributed by atoms with E-state index in [1.807, 2.05) is 13.8 Å². The van der Waals surface area contributed by atoms with Crippen LogP contribution in [0.5, 0.6) is 11.5 Å². The molecule has 0 radical (unpaired) electrons. The van der Waals surface area contributed by atoms with Crippen LogP contribution in [0.25, 0.3) is 0 Å². The summed E-state index contributed by atoms with van der Waals surface area (Å²) in [7, 11) is 0. The van der Waals surface area contributed by atoms with Gasteiger partial charge in [-0.15, -0.1) is 0 Å². The maximum atomic E-state index is 12.2. The number of para-hydroxylation sites is 2. The summed E-state index contributed by atoms with van der Waals surface area (Å²) in [5.74, 6) is -1.12. The second kappa shape index (κ2) is 8.15. The first-order valence-electron chi connectivity index (χ1n) is 7.79. The molecule has 24 heavy (non-hydrogen) atoms. The molecule has 0 amide bonds. The Morgan fingerprint density at radius 3 is 2.29 bits per heavy atom. The van der Waals surface area contributed by atoms with Crippen LogP contribution in [0.15, 0.2) is 48.5 Å². The molecule has 0 saturated carbocycles. The van der Waals surface area contributed by atoms with Crippen LogP contribution in [-0.2, 0) is 4.74 Å². The van der Waals surface area contributed by atoms with Crippen molar-refractivity contribution in [1.82, 2.24) is 0 Å². The molecule has 1 unspecified atom stereocenters. The summed E-state index contributed by atoms with van der Waals surface area (Å²) in [5, 5.41) is 9.72. The molecular formula is C19H20O5. The Bertz CT molecular complexity index is 723. The van der Waals surface area contributed by atoms with E-state index in [-0.39, 0.29) is 28.5 Å². The van der Waals surface area contributed by atoms with Gasteiger partial charge >= 0.3 is 11.9 Å². The van der Waals surface area contributed by atoms with Crippen molar-refractivity contribution in [2.75, 3.05) is 6.61 Å². The molecule has 0 aliphatic carbocycles. The molecule has 0 bridgehead atoms. The summed E-state index contributed by atoms with van der Waals surface area (Å²) in [6, 6.07) is 12.4. The van der Waals surface area contributed by atoms with Crippen molar-refractivity contribution in [1.29, 1.82) is 0 Å². The quantitative estimate of drug-likeness (QED) is 0.645. The first kappa shape index (κ1) is 17.5. The molecule has 1 N–H and O–H groups in total. The number of ether oxygens (including phenoxy) is 2. The molecule has 0 aromatic heterocycles. The normalized spacial score (nSPS) is 11.6. The van der Waals surface area contributed by atoms with E-state index in [0.29, 0.717) is 6.61 Å². The van der Waals surface area contributed by atoms with Crippen molar-refractivity contribution in [3.63, 3.8) is 0 Å². The van der Waals surface area contributed by atoms with Crippen LogP contribution in [0, 0.1) is 5.92 Å². The molecule has 0 heterocycles. The van der Waals surface area contributed by atoms with Gasteiger partial charge in [-0.25, -0.2) is 9.59 Å². The Morgan fingerprint density at radius 2 is 1.62 bits per heavy atom. The van der Waals surface area contributed by atoms with E-state index < -0.39 is 11.9 Å². The lowest BCUT2D eigenvalue weighted by molar-refractivity contribution is 0.0442. The van der Waals surface area contributed by atoms with Crippen LogP contribution in [0.3, 0.4) is 0 Å². The second-order valence-electron chi connectivity index (χ2n) is 5.51. The standard InChI is InChI=1S/C19H20O5/c1-3-13(2)12-23-18(21)15-9-5-7-11-17(15)24-19(22)14-8-4-6-10-16(14)20/h4-11,13,20H,3,12H2,1-2H3. The number of carbonyl (C=O) groups excluding carboxylic acids is 2. The number of esters is 2. The number of phenols is 1. The Morgan fingerprint density at radius 1 is 1.00 bits per heavy atom. The Labute approximate surface area is 140 Å². The number of phenolic OH excluding ortho intramolecular Hbond substituents is 1. The Balaban J connectivity index is 2.15. The molecule has 2 aromatic rings. The highest BCUT2D eigenvalue weighted by atomic mass is 16.5. The first-order chi connectivity index (χ1) is 11.5. The zero-order valence-corrected chi connectivity index (χ0v) is 13.7. The van der Waals surface area contributed by atoms with E-state index in [0.717, 1.165) is 6.42 Å². The molecule has 0 spiro atoms. The number of aromatic hydroxyl groups is 1. The molecule has 5 heteroatoms. The lowest BCUT2D eigenvalue weighted by Crippen LogP contribution is -2.15. The van der Waals surface area contributed by atoms with Gasteiger partial charge in [-0.05, 0) is 30.2 Å². The average molecular weight is 328 g/mol. The predicted octanol–water partition coefficient (Wildman–Crippen LogP) is 3.81. The summed E-state index contributed by atoms with van der Waals surface area (Å²) in [6.07, 6.45) is 0.900. The lowest BCUT2D eigenvalue weighted by Gasteiger charge is -2.12. The number of hydrogen-bond acceptors (Lipinski definition) is 5. The number of rotatable bonds is 6. The molecule has 5 nitrogen and oxygen atoms in total. The van der Waals surface area contributed by atoms with Crippen LogP contribution >= 0.6 is 0 Å². The molecule has 0 saturated heterocycles. The monoisotopic (exact) mass is 328 g/mol. The van der Waals surface area contributed by atoms with Gasteiger partial charge in [-0.1, -0.05) is 44.5 Å². The zero-order valence-electron chi connectivity index (χ0n) is 13.7. The van der Waals surface area contributed by atoms with E-state index in [9.17, 15) is 14.7 Å². The van der Waals surface area contributed by atoms with E-state index >= 15 is 0 Å². The third-order valence-corrected chi connectivity index (χ3v) is 3.63. The number of benzene rings is 2. The minimum Gasteiger partial charge on any atom is -0.507 e. The topological polar surface area (TPSA) is 72.8 Å². The zero-order chi connectivity index (χ0) is 17.5. The second-order valence-corrected chi connectivity index (χ2v) is 5.51. The third kappa shape index (κ3) is 4.35. The van der Waals surface area contributed by atoms with Gasteiger partial charge in [0.2, 0.25) is 0 Å². The van der Waals surface area contributed by atoms with Crippen molar-refractivity contribution in [2.45, 2.75) is 20.3 Å². The molecular weight excluding hydrogens is 308 g/mol. The van der Waals surface area contributed by atoms with E-state index in [1.54, 1.807) is 24.3 Å². The van der Waals surface area contributed by atoms with Crippen molar-refractivity contribution in [3.05, 3.63) is 59.7 Å². The number of hydrogen-bond donors (Lipinski definition) is 1. The van der Waals surface area contributed by atoms with Gasteiger partial charge in [0.25, 0.3) is 0 Å². The molecule has 126 valence electrons. The van der Waals surface area contributed by atoms with Crippen LogP contribution in [0.2, 0.25) is 0 Å². The van der Waals surface area contributed by atoms with Gasteiger partial charge in [0.1, 0.15) is 22.6 Å². The van der Waals surface area contributed by atoms with E-state index in [4.69, 9.17) is 9.47 Å². The Kier molecular flexibility index (Phi) is 5.95. The maximum Gasteiger partial charge on any atom is 0.347 e. The minimum absolute atomic E-state index is 0.0280. The third-order valence-electron chi connectivity index (χ3n) is 3.63. The highest BCUT2D eigenvalue weighted by molar-refractivity contribution is 5.97. The summed E-state index contributed by atoms with van der Waals surface area (Å²) >= 11 is 0. The van der Waals surface area contributed by atoms with Gasteiger partial charge in [-0.3, -0.25) is 0 Å². The fourth-order valence-corrected chi connectivity index (χ4v) is 1.94. The predicted molar refractivity (Wildman–Crippen MR) is 89.2 cm³/mol. The molecule has 0 fully saturated rings. The van der Waals surface area contributed by atoms with Gasteiger partial charge < -0.3 is 14.6 Å². The first-order valence-corrected chi connectivity index (χ1v) is 7.79. The van der Waals surface area contributed by atoms with Crippen molar-refractivity contribution < 1.29 is 24.2 Å². The lowest BCUT2D eigenvalue weighted by atomic mass is 10.1. The summed E-state index contributed by atoms with van der Waals surface area (Å²) in [5.41, 5.74) is 0.199. The SMILES string of the molecule is CCC(C)COC(=O)c1ccccc1OC(=O)c1ccccc1O. The van der Waals surface area contributed by atoms with Gasteiger partial charge in [0.15, 0.2) is 0 Å². The Hall–Kier alpha value is -2.82. The van der Waals surface area contributed by atoms with Crippen molar-refractivity contribution in [3.8, 4) is 11.5 Å². The summed E-state index contributed by atoms with van der Waals surface area (Å²) < 4.78 is 10.5. The van der Waals surface area contributed by atoms with Gasteiger partial charge in [-0.2, -0.15) is 0 Å². The minimum atomic E-state index is -0.740. The molecule has 0 aliphatic rings. The maximum absolute atomic E-state index is 12.2. The highest BCUT2D eigenvalue weighted by Crippen LogP contribution is 2.23. The fraction of sp³-hybridized carbons (Fsp3) is 0.263. The molecule has 1 atom stereocenters. The van der Waals surface area contributed by atoms with Gasteiger partial charge in [0.05, 0.1) is 6.61 Å².